The van der Waals surface area contributed by atoms with Crippen LogP contribution in [-0.4, -0.2) is 22.4 Å². The number of amides is 1. The van der Waals surface area contributed by atoms with Crippen LogP contribution < -0.4 is 4.90 Å². The second kappa shape index (κ2) is 6.48. The molecule has 4 rings (SSSR count). The van der Waals surface area contributed by atoms with Crippen molar-refractivity contribution in [3.8, 4) is 11.4 Å². The molecule has 0 bridgehead atoms. The van der Waals surface area contributed by atoms with E-state index in [0.717, 1.165) is 30.6 Å². The molecule has 4 heteroatoms. The fraction of sp³-hybridized carbons (Fsp3) is 0.190. The number of rotatable bonds is 2. The van der Waals surface area contributed by atoms with E-state index in [-0.39, 0.29) is 5.91 Å². The second-order valence-corrected chi connectivity index (χ2v) is 6.25. The SMILES string of the molecule is Cc1nc(-c2ccccc2)ncc1C(=O)N1CCCc2ccccc21. The minimum absolute atomic E-state index is 0.0238. The standard InChI is InChI=1S/C21H19N3O/c1-15-18(14-22-20(23-15)17-9-3-2-4-10-17)21(25)24-13-7-11-16-8-5-6-12-19(16)24/h2-6,8-10,12,14H,7,11,13H2,1H3. The van der Waals surface area contributed by atoms with E-state index >= 15 is 0 Å². The molecular formula is C21H19N3O. The molecule has 0 spiro atoms. The fourth-order valence-electron chi connectivity index (χ4n) is 3.29. The summed E-state index contributed by atoms with van der Waals surface area (Å²) >= 11 is 0. The summed E-state index contributed by atoms with van der Waals surface area (Å²) in [6.45, 7) is 2.60. The predicted octanol–water partition coefficient (Wildman–Crippen LogP) is 4.05. The Hall–Kier alpha value is -3.01. The van der Waals surface area contributed by atoms with Crippen LogP contribution in [0.2, 0.25) is 0 Å². The molecule has 0 radical (unpaired) electrons. The average molecular weight is 329 g/mol. The minimum Gasteiger partial charge on any atom is -0.308 e. The van der Waals surface area contributed by atoms with Crippen molar-refractivity contribution in [2.75, 3.05) is 11.4 Å². The van der Waals surface area contributed by atoms with E-state index in [1.807, 2.05) is 60.4 Å². The number of anilines is 1. The summed E-state index contributed by atoms with van der Waals surface area (Å²) in [6.07, 6.45) is 3.65. The molecule has 1 amide bonds. The third-order valence-electron chi connectivity index (χ3n) is 4.60. The summed E-state index contributed by atoms with van der Waals surface area (Å²) in [7, 11) is 0. The van der Waals surface area contributed by atoms with Crippen molar-refractivity contribution in [1.29, 1.82) is 0 Å². The molecular weight excluding hydrogens is 310 g/mol. The monoisotopic (exact) mass is 329 g/mol. The van der Waals surface area contributed by atoms with Gasteiger partial charge in [-0.05, 0) is 31.4 Å². The lowest BCUT2D eigenvalue weighted by atomic mass is 10.0. The summed E-state index contributed by atoms with van der Waals surface area (Å²) in [6, 6.07) is 17.9. The first-order valence-electron chi connectivity index (χ1n) is 8.53. The van der Waals surface area contributed by atoms with Gasteiger partial charge in [-0.2, -0.15) is 0 Å². The molecule has 1 aliphatic heterocycles. The normalized spacial score (nSPS) is 13.4. The molecule has 2 aromatic carbocycles. The highest BCUT2D eigenvalue weighted by Gasteiger charge is 2.25. The van der Waals surface area contributed by atoms with Crippen molar-refractivity contribution >= 4 is 11.6 Å². The number of carbonyl (C=O) groups excluding carboxylic acids is 1. The lowest BCUT2D eigenvalue weighted by Gasteiger charge is -2.29. The number of nitrogens with zero attached hydrogens (tertiary/aromatic N) is 3. The van der Waals surface area contributed by atoms with Crippen LogP contribution in [0, 0.1) is 6.92 Å². The van der Waals surface area contributed by atoms with Crippen LogP contribution in [0.15, 0.2) is 60.8 Å². The van der Waals surface area contributed by atoms with E-state index in [4.69, 9.17) is 0 Å². The van der Waals surface area contributed by atoms with Crippen LogP contribution >= 0.6 is 0 Å². The van der Waals surface area contributed by atoms with E-state index in [1.54, 1.807) is 6.20 Å². The quantitative estimate of drug-likeness (QED) is 0.713. The Morgan fingerprint density at radius 3 is 2.60 bits per heavy atom. The zero-order valence-corrected chi connectivity index (χ0v) is 14.1. The van der Waals surface area contributed by atoms with Gasteiger partial charge in [-0.15, -0.1) is 0 Å². The molecule has 3 aromatic rings. The maximum atomic E-state index is 13.1. The molecule has 0 unspecified atom stereocenters. The van der Waals surface area contributed by atoms with Crippen molar-refractivity contribution < 1.29 is 4.79 Å². The third-order valence-corrected chi connectivity index (χ3v) is 4.60. The van der Waals surface area contributed by atoms with Crippen molar-refractivity contribution in [1.82, 2.24) is 9.97 Å². The summed E-state index contributed by atoms with van der Waals surface area (Å²) in [5, 5.41) is 0. The van der Waals surface area contributed by atoms with Crippen molar-refractivity contribution in [3.05, 3.63) is 77.6 Å². The average Bonchev–Trinajstić information content (AvgIpc) is 2.67. The Balaban J connectivity index is 1.68. The zero-order valence-electron chi connectivity index (χ0n) is 14.1. The largest absolute Gasteiger partial charge is 0.308 e. The molecule has 124 valence electrons. The summed E-state index contributed by atoms with van der Waals surface area (Å²) in [5.74, 6) is 0.623. The van der Waals surface area contributed by atoms with E-state index in [9.17, 15) is 4.79 Å². The van der Waals surface area contributed by atoms with Crippen LogP contribution in [-0.2, 0) is 6.42 Å². The molecule has 0 saturated heterocycles. The Morgan fingerprint density at radius 1 is 1.04 bits per heavy atom. The lowest BCUT2D eigenvalue weighted by molar-refractivity contribution is 0.0984. The lowest BCUT2D eigenvalue weighted by Crippen LogP contribution is -2.36. The Morgan fingerprint density at radius 2 is 1.80 bits per heavy atom. The highest BCUT2D eigenvalue weighted by Crippen LogP contribution is 2.28. The maximum absolute atomic E-state index is 13.1. The molecule has 0 saturated carbocycles. The molecule has 4 nitrogen and oxygen atoms in total. The van der Waals surface area contributed by atoms with Gasteiger partial charge < -0.3 is 4.90 Å². The molecule has 0 fully saturated rings. The van der Waals surface area contributed by atoms with Gasteiger partial charge in [0.1, 0.15) is 0 Å². The highest BCUT2D eigenvalue weighted by atomic mass is 16.2. The van der Waals surface area contributed by atoms with Crippen LogP contribution in [0.4, 0.5) is 5.69 Å². The van der Waals surface area contributed by atoms with Gasteiger partial charge >= 0.3 is 0 Å². The fourth-order valence-corrected chi connectivity index (χ4v) is 3.29. The third kappa shape index (κ3) is 2.91. The predicted molar refractivity (Wildman–Crippen MR) is 98.6 cm³/mol. The number of fused-ring (bicyclic) bond motifs is 1. The number of aryl methyl sites for hydroxylation is 2. The second-order valence-electron chi connectivity index (χ2n) is 6.25. The zero-order chi connectivity index (χ0) is 17.2. The summed E-state index contributed by atoms with van der Waals surface area (Å²) in [5.41, 5.74) is 4.46. The Kier molecular flexibility index (Phi) is 4.02. The number of aromatic nitrogens is 2. The smallest absolute Gasteiger partial charge is 0.261 e. The van der Waals surface area contributed by atoms with Crippen LogP contribution in [0.3, 0.4) is 0 Å². The Labute approximate surface area is 147 Å². The first-order chi connectivity index (χ1) is 12.2. The van der Waals surface area contributed by atoms with Crippen molar-refractivity contribution in [2.45, 2.75) is 19.8 Å². The van der Waals surface area contributed by atoms with Crippen LogP contribution in [0.1, 0.15) is 28.0 Å². The summed E-state index contributed by atoms with van der Waals surface area (Å²) in [4.78, 5) is 23.9. The van der Waals surface area contributed by atoms with Gasteiger partial charge in [-0.25, -0.2) is 9.97 Å². The van der Waals surface area contributed by atoms with Gasteiger partial charge in [-0.1, -0.05) is 48.5 Å². The number of hydrogen-bond acceptors (Lipinski definition) is 3. The van der Waals surface area contributed by atoms with Crippen molar-refractivity contribution in [2.24, 2.45) is 0 Å². The van der Waals surface area contributed by atoms with Gasteiger partial charge in [0.25, 0.3) is 5.91 Å². The summed E-state index contributed by atoms with van der Waals surface area (Å²) < 4.78 is 0. The van der Waals surface area contributed by atoms with E-state index in [2.05, 4.69) is 16.0 Å². The van der Waals surface area contributed by atoms with Gasteiger partial charge in [0, 0.05) is 24.0 Å². The molecule has 0 aliphatic carbocycles. The van der Waals surface area contributed by atoms with Crippen LogP contribution in [0.25, 0.3) is 11.4 Å². The van der Waals surface area contributed by atoms with E-state index < -0.39 is 0 Å². The van der Waals surface area contributed by atoms with E-state index in [0.29, 0.717) is 17.1 Å². The molecule has 0 atom stereocenters. The van der Waals surface area contributed by atoms with Crippen molar-refractivity contribution in [3.63, 3.8) is 0 Å². The number of para-hydroxylation sites is 1. The molecule has 0 N–H and O–H groups in total. The molecule has 2 heterocycles. The number of hydrogen-bond donors (Lipinski definition) is 0. The van der Waals surface area contributed by atoms with Gasteiger partial charge in [0.2, 0.25) is 0 Å². The van der Waals surface area contributed by atoms with Gasteiger partial charge in [0.15, 0.2) is 5.82 Å². The topological polar surface area (TPSA) is 46.1 Å². The number of carbonyl (C=O) groups is 1. The first kappa shape index (κ1) is 15.5. The number of benzene rings is 2. The molecule has 1 aromatic heterocycles. The van der Waals surface area contributed by atoms with Crippen LogP contribution in [0.5, 0.6) is 0 Å². The van der Waals surface area contributed by atoms with Gasteiger partial charge in [-0.3, -0.25) is 4.79 Å². The van der Waals surface area contributed by atoms with Gasteiger partial charge in [0.05, 0.1) is 11.3 Å². The first-order valence-corrected chi connectivity index (χ1v) is 8.53. The Bertz CT molecular complexity index is 921. The highest BCUT2D eigenvalue weighted by molar-refractivity contribution is 6.07. The molecule has 25 heavy (non-hydrogen) atoms. The molecule has 1 aliphatic rings. The maximum Gasteiger partial charge on any atom is 0.261 e. The van der Waals surface area contributed by atoms with E-state index in [1.165, 1.54) is 5.56 Å². The minimum atomic E-state index is -0.0238.